The summed E-state index contributed by atoms with van der Waals surface area (Å²) in [4.78, 5) is 32.2. The number of piperidine rings is 2. The van der Waals surface area contributed by atoms with Crippen LogP contribution in [0.2, 0.25) is 0 Å². The van der Waals surface area contributed by atoms with Crippen molar-refractivity contribution in [1.82, 2.24) is 5.32 Å². The normalized spacial score (nSPS) is 46.9. The van der Waals surface area contributed by atoms with Gasteiger partial charge in [-0.1, -0.05) is 0 Å². The van der Waals surface area contributed by atoms with Crippen molar-refractivity contribution in [2.45, 2.75) is 131 Å². The zero-order valence-electron chi connectivity index (χ0n) is 32.6. The van der Waals surface area contributed by atoms with Crippen molar-refractivity contribution in [2.24, 2.45) is 64.5 Å². The quantitative estimate of drug-likeness (QED) is 0.0648. The number of carbonyl (C=O) groups excluding carboxylic acids is 2. The van der Waals surface area contributed by atoms with Crippen LogP contribution in [0.3, 0.4) is 0 Å². The number of nitrogens with one attached hydrogen (secondary N) is 2. The number of quaternary nitrogens is 2. The van der Waals surface area contributed by atoms with Crippen LogP contribution in [0.1, 0.15) is 70.6 Å². The molecule has 3 saturated carbocycles. The van der Waals surface area contributed by atoms with Crippen LogP contribution in [0.15, 0.2) is 0 Å². The number of Topliss-reactive ketones (excluding diaryl/α,β-unsaturated/α-hetero) is 2. The number of ether oxygens (including phenoxy) is 3. The van der Waals surface area contributed by atoms with Crippen molar-refractivity contribution in [3.05, 3.63) is 0 Å². The summed E-state index contributed by atoms with van der Waals surface area (Å²) in [6, 6.07) is 0. The van der Waals surface area contributed by atoms with Gasteiger partial charge in [0, 0.05) is 50.0 Å². The lowest BCUT2D eigenvalue weighted by atomic mass is 9.53. The molecule has 3 aliphatic carbocycles. The van der Waals surface area contributed by atoms with Crippen LogP contribution < -0.4 is 38.1 Å². The van der Waals surface area contributed by atoms with Gasteiger partial charge >= 0.3 is 5.96 Å². The lowest BCUT2D eigenvalue weighted by Crippen LogP contribution is -2.95. The first-order valence-electron chi connectivity index (χ1n) is 20.8. The van der Waals surface area contributed by atoms with Crippen molar-refractivity contribution in [1.29, 1.82) is 0 Å². The minimum absolute atomic E-state index is 0.0271. The molecule has 6 rings (SSSR count). The second kappa shape index (κ2) is 18.4. The number of aliphatic hydroxyl groups excluding tert-OH is 4. The number of ketones is 2. The average molecular weight is 785 g/mol. The number of guanidine groups is 1. The molecule has 314 valence electrons. The summed E-state index contributed by atoms with van der Waals surface area (Å²) in [6.07, 6.45) is -1.80. The van der Waals surface area contributed by atoms with Crippen LogP contribution in [-0.4, -0.2) is 144 Å². The fourth-order valence-corrected chi connectivity index (χ4v) is 11.1. The summed E-state index contributed by atoms with van der Waals surface area (Å²) in [5, 5.41) is 64.3. The fraction of sp³-hybridized carbons (Fsp3) is 0.921. The van der Waals surface area contributed by atoms with Gasteiger partial charge < -0.3 is 50.4 Å². The zero-order chi connectivity index (χ0) is 39.6. The summed E-state index contributed by atoms with van der Waals surface area (Å²) in [6.45, 7) is 1.47. The predicted octanol–water partition coefficient (Wildman–Crippen LogP) is -6.34. The number of methoxy groups -OCH3 is 1. The molecule has 0 aromatic rings. The highest BCUT2D eigenvalue weighted by Gasteiger charge is 2.62. The van der Waals surface area contributed by atoms with Crippen LogP contribution in [0.25, 0.3) is 0 Å². The monoisotopic (exact) mass is 785 g/mol. The van der Waals surface area contributed by atoms with E-state index in [1.807, 2.05) is 0 Å². The van der Waals surface area contributed by atoms with E-state index in [0.29, 0.717) is 37.7 Å². The van der Waals surface area contributed by atoms with Gasteiger partial charge in [-0.3, -0.25) is 37.1 Å². The van der Waals surface area contributed by atoms with Gasteiger partial charge in [0.25, 0.3) is 0 Å². The van der Waals surface area contributed by atoms with Gasteiger partial charge in [-0.05, 0) is 63.2 Å². The third-order valence-electron chi connectivity index (χ3n) is 14.4. The maximum Gasteiger partial charge on any atom is 0.340 e. The lowest BCUT2D eigenvalue weighted by Gasteiger charge is -2.53. The van der Waals surface area contributed by atoms with E-state index >= 15 is 0 Å². The summed E-state index contributed by atoms with van der Waals surface area (Å²) in [7, 11) is 3.23. The Morgan fingerprint density at radius 1 is 0.945 bits per heavy atom. The molecule has 17 N–H and O–H groups in total. The highest BCUT2D eigenvalue weighted by atomic mass is 16.7. The molecular weight excluding hydrogens is 714 g/mol. The Labute approximate surface area is 323 Å². The molecular formula is C38H70N7O10+3. The number of hydrogen-bond donors (Lipinski definition) is 12. The first-order valence-corrected chi connectivity index (χ1v) is 20.8. The smallest absolute Gasteiger partial charge is 0.340 e. The summed E-state index contributed by atoms with van der Waals surface area (Å²) < 4.78 is 18.2. The second-order valence-corrected chi connectivity index (χ2v) is 17.6. The maximum atomic E-state index is 14.8. The highest BCUT2D eigenvalue weighted by molar-refractivity contribution is 6.00. The molecule has 6 fully saturated rings. The molecule has 13 unspecified atom stereocenters. The number of fused-ring (bicyclic) bond motifs is 2. The van der Waals surface area contributed by atoms with Crippen LogP contribution in [0.5, 0.6) is 0 Å². The number of rotatable bonds is 12. The zero-order valence-corrected chi connectivity index (χ0v) is 32.6. The van der Waals surface area contributed by atoms with Crippen molar-refractivity contribution >= 4 is 17.5 Å². The SMILES string of the molecule is C[NH+]=C(N)NCC1C(CCC2CCC(N)[NH2+]C2)CC2C(=O)C3CC(OC)CC(O[C@H]4O[C@H](CO)[C@](O)(CCC5CC[NH2+]C(N)C5)[C@H](O)[C@H]4O)C3C(=O)C2C1O. The van der Waals surface area contributed by atoms with Crippen LogP contribution in [-0.2, 0) is 23.8 Å². The van der Waals surface area contributed by atoms with E-state index in [1.165, 1.54) is 7.11 Å². The second-order valence-electron chi connectivity index (χ2n) is 17.6. The summed E-state index contributed by atoms with van der Waals surface area (Å²) >= 11 is 0. The van der Waals surface area contributed by atoms with Crippen molar-refractivity contribution < 1.29 is 65.0 Å². The standard InChI is InChI=1S/C38H67N7O10/c1-42-37(41)45-16-24-20(5-3-19-4-6-27(39)44-15-19)12-22-30(32(24)48)33(49)29-23(31(22)47)13-21(53-2)14-25(29)54-36-34(50)35(51)38(52,26(17-46)55-36)9-7-18-8-10-43-28(40)11-18/h18-30,32,34-36,43-44,46,48,50-52H,3-17,39-40H2,1-2H3,(H3,41,42,45)/p+3/t18?,19?,20?,21?,22?,23?,24?,25?,26-,27?,28?,29?,30?,32?,34-,35-,36+,38-/m1/s1. The Balaban J connectivity index is 1.19. The molecule has 0 aromatic heterocycles. The van der Waals surface area contributed by atoms with Gasteiger partial charge in [0.2, 0.25) is 0 Å². The summed E-state index contributed by atoms with van der Waals surface area (Å²) in [5.74, 6) is -3.01. The highest BCUT2D eigenvalue weighted by Crippen LogP contribution is 2.51. The van der Waals surface area contributed by atoms with Gasteiger partial charge in [-0.2, -0.15) is 0 Å². The molecule has 0 amide bonds. The molecule has 3 aliphatic heterocycles. The molecule has 55 heavy (non-hydrogen) atoms. The molecule has 3 saturated heterocycles. The minimum Gasteiger partial charge on any atom is -0.394 e. The number of carbonyl (C=O) groups is 2. The van der Waals surface area contributed by atoms with E-state index in [0.717, 1.165) is 51.6 Å². The van der Waals surface area contributed by atoms with Crippen molar-refractivity contribution in [2.75, 3.05) is 40.4 Å². The Bertz CT molecular complexity index is 1340. The molecule has 17 nitrogen and oxygen atoms in total. The van der Waals surface area contributed by atoms with Gasteiger partial charge in [0.15, 0.2) is 6.29 Å². The van der Waals surface area contributed by atoms with Gasteiger partial charge in [0.1, 0.15) is 47.8 Å². The van der Waals surface area contributed by atoms with Crippen molar-refractivity contribution in [3.63, 3.8) is 0 Å². The Morgan fingerprint density at radius 3 is 2.38 bits per heavy atom. The third-order valence-corrected chi connectivity index (χ3v) is 14.4. The average Bonchev–Trinajstić information content (AvgIpc) is 3.18. The van der Waals surface area contributed by atoms with Gasteiger partial charge in [-0.15, -0.1) is 0 Å². The predicted molar refractivity (Wildman–Crippen MR) is 197 cm³/mol. The van der Waals surface area contributed by atoms with Crippen molar-refractivity contribution in [3.8, 4) is 0 Å². The molecule has 0 spiro atoms. The third kappa shape index (κ3) is 9.08. The van der Waals surface area contributed by atoms with Gasteiger partial charge in [0.05, 0.1) is 63.4 Å². The topological polar surface area (TPSA) is 300 Å². The Kier molecular flexibility index (Phi) is 14.3. The molecule has 18 atom stereocenters. The molecule has 0 radical (unpaired) electrons. The van der Waals surface area contributed by atoms with Crippen LogP contribution in [0, 0.1) is 47.3 Å². The van der Waals surface area contributed by atoms with E-state index in [2.05, 4.69) is 20.9 Å². The maximum absolute atomic E-state index is 14.8. The van der Waals surface area contributed by atoms with Crippen LogP contribution in [0.4, 0.5) is 0 Å². The molecule has 0 aromatic carbocycles. The summed E-state index contributed by atoms with van der Waals surface area (Å²) in [5.41, 5.74) is 16.3. The number of hydrogen-bond acceptors (Lipinski definition) is 12. The molecule has 6 aliphatic rings. The molecule has 0 bridgehead atoms. The Morgan fingerprint density at radius 2 is 1.71 bits per heavy atom. The first-order chi connectivity index (χ1) is 26.3. The minimum atomic E-state index is -1.96. The van der Waals surface area contributed by atoms with Gasteiger partial charge in [-0.25, -0.2) is 0 Å². The van der Waals surface area contributed by atoms with E-state index in [9.17, 15) is 35.1 Å². The van der Waals surface area contributed by atoms with E-state index < -0.39 is 78.8 Å². The van der Waals surface area contributed by atoms with E-state index in [4.69, 9.17) is 31.4 Å². The number of nitrogens with two attached hydrogens (primary N) is 5. The lowest BCUT2D eigenvalue weighted by molar-refractivity contribution is -0.703. The largest absolute Gasteiger partial charge is 0.394 e. The molecule has 3 heterocycles. The molecule has 17 heteroatoms. The number of aliphatic hydroxyl groups is 5. The van der Waals surface area contributed by atoms with E-state index in [1.54, 1.807) is 7.05 Å². The van der Waals surface area contributed by atoms with Crippen LogP contribution >= 0.6 is 0 Å². The fourth-order valence-electron chi connectivity index (χ4n) is 11.1. The Hall–Kier alpha value is -1.87. The van der Waals surface area contributed by atoms with E-state index in [-0.39, 0.29) is 54.5 Å². The first kappa shape index (κ1) is 42.7.